The molecule has 1 aromatic heterocycles. The van der Waals surface area contributed by atoms with E-state index in [0.717, 1.165) is 16.3 Å². The molecule has 0 radical (unpaired) electrons. The van der Waals surface area contributed by atoms with Crippen molar-refractivity contribution in [2.75, 3.05) is 11.9 Å². The average molecular weight is 242 g/mol. The first-order valence-electron chi connectivity index (χ1n) is 5.40. The highest BCUT2D eigenvalue weighted by atomic mass is 32.1. The predicted molar refractivity (Wildman–Crippen MR) is 67.0 cm³/mol. The van der Waals surface area contributed by atoms with E-state index in [1.165, 1.54) is 0 Å². The number of aryl methyl sites for hydroxylation is 1. The first-order chi connectivity index (χ1) is 7.65. The Morgan fingerprint density at radius 3 is 2.81 bits per heavy atom. The molecule has 4 nitrogen and oxygen atoms in total. The van der Waals surface area contributed by atoms with Crippen molar-refractivity contribution >= 4 is 22.4 Å². The highest BCUT2D eigenvalue weighted by Gasteiger charge is 2.10. The number of hydrogen-bond donors (Lipinski definition) is 3. The van der Waals surface area contributed by atoms with Gasteiger partial charge in [0.1, 0.15) is 0 Å². The fourth-order valence-corrected chi connectivity index (χ4v) is 2.13. The van der Waals surface area contributed by atoms with Gasteiger partial charge < -0.3 is 10.4 Å². The maximum Gasteiger partial charge on any atom is 0.320 e. The molecule has 1 aromatic rings. The molecule has 0 aliphatic rings. The number of rotatable bonds is 5. The van der Waals surface area contributed by atoms with Crippen LogP contribution in [0.25, 0.3) is 0 Å². The molecule has 1 atom stereocenters. The number of carbonyl (C=O) groups is 1. The van der Waals surface area contributed by atoms with Crippen molar-refractivity contribution in [3.05, 3.63) is 17.0 Å². The SMILES string of the molecule is CCC(CCO)NC(=O)Nc1ccc(C)s1. The topological polar surface area (TPSA) is 61.4 Å². The monoisotopic (exact) mass is 242 g/mol. The van der Waals surface area contributed by atoms with Crippen molar-refractivity contribution in [3.8, 4) is 0 Å². The van der Waals surface area contributed by atoms with Gasteiger partial charge in [0.15, 0.2) is 0 Å². The Balaban J connectivity index is 2.40. The van der Waals surface area contributed by atoms with E-state index in [1.807, 2.05) is 26.0 Å². The summed E-state index contributed by atoms with van der Waals surface area (Å²) in [5.74, 6) is 0. The lowest BCUT2D eigenvalue weighted by atomic mass is 10.2. The second-order valence-corrected chi connectivity index (χ2v) is 4.91. The summed E-state index contributed by atoms with van der Waals surface area (Å²) in [6.45, 7) is 4.07. The zero-order valence-electron chi connectivity index (χ0n) is 9.62. The van der Waals surface area contributed by atoms with Crippen LogP contribution in [-0.4, -0.2) is 23.8 Å². The number of aliphatic hydroxyl groups excluding tert-OH is 1. The molecule has 0 aliphatic carbocycles. The van der Waals surface area contributed by atoms with Gasteiger partial charge in [-0.3, -0.25) is 5.32 Å². The third-order valence-corrected chi connectivity index (χ3v) is 3.20. The molecule has 2 amide bonds. The van der Waals surface area contributed by atoms with Crippen molar-refractivity contribution in [1.29, 1.82) is 0 Å². The minimum absolute atomic E-state index is 0.0334. The summed E-state index contributed by atoms with van der Waals surface area (Å²) in [6, 6.07) is 3.67. The smallest absolute Gasteiger partial charge is 0.320 e. The predicted octanol–water partition coefficient (Wildman–Crippen LogP) is 2.34. The molecule has 3 N–H and O–H groups in total. The summed E-state index contributed by atoms with van der Waals surface area (Å²) in [4.78, 5) is 12.7. The van der Waals surface area contributed by atoms with Crippen LogP contribution in [0.2, 0.25) is 0 Å². The van der Waals surface area contributed by atoms with Gasteiger partial charge in [0.2, 0.25) is 0 Å². The number of nitrogens with one attached hydrogen (secondary N) is 2. The molecule has 16 heavy (non-hydrogen) atoms. The zero-order chi connectivity index (χ0) is 12.0. The molecule has 0 bridgehead atoms. The second-order valence-electron chi connectivity index (χ2n) is 3.63. The number of aliphatic hydroxyl groups is 1. The molecule has 0 saturated heterocycles. The van der Waals surface area contributed by atoms with Gasteiger partial charge in [-0.15, -0.1) is 11.3 Å². The van der Waals surface area contributed by atoms with Crippen LogP contribution in [0.1, 0.15) is 24.6 Å². The highest BCUT2D eigenvalue weighted by molar-refractivity contribution is 7.16. The van der Waals surface area contributed by atoms with Gasteiger partial charge >= 0.3 is 6.03 Å². The number of carbonyl (C=O) groups excluding carboxylic acids is 1. The summed E-state index contributed by atoms with van der Waals surface area (Å²) in [7, 11) is 0. The average Bonchev–Trinajstić information content (AvgIpc) is 2.63. The van der Waals surface area contributed by atoms with E-state index < -0.39 is 0 Å². The molecule has 0 aromatic carbocycles. The van der Waals surface area contributed by atoms with Crippen LogP contribution < -0.4 is 10.6 Å². The number of hydrogen-bond acceptors (Lipinski definition) is 3. The van der Waals surface area contributed by atoms with Gasteiger partial charge in [0.25, 0.3) is 0 Å². The zero-order valence-corrected chi connectivity index (χ0v) is 10.4. The largest absolute Gasteiger partial charge is 0.396 e. The third kappa shape index (κ3) is 4.20. The molecule has 90 valence electrons. The maximum atomic E-state index is 11.6. The summed E-state index contributed by atoms with van der Waals surface area (Å²) in [6.07, 6.45) is 1.41. The van der Waals surface area contributed by atoms with E-state index >= 15 is 0 Å². The Labute approximate surface area is 99.7 Å². The Bertz CT molecular complexity index is 338. The maximum absolute atomic E-state index is 11.6. The minimum atomic E-state index is -0.206. The number of urea groups is 1. The quantitative estimate of drug-likeness (QED) is 0.742. The Morgan fingerprint density at radius 2 is 2.31 bits per heavy atom. The molecule has 5 heteroatoms. The van der Waals surface area contributed by atoms with Crippen LogP contribution in [0.5, 0.6) is 0 Å². The van der Waals surface area contributed by atoms with Crippen molar-refractivity contribution < 1.29 is 9.90 Å². The first-order valence-corrected chi connectivity index (χ1v) is 6.22. The number of thiophene rings is 1. The van der Waals surface area contributed by atoms with Gasteiger partial charge in [-0.25, -0.2) is 4.79 Å². The molecular weight excluding hydrogens is 224 g/mol. The molecule has 0 saturated carbocycles. The van der Waals surface area contributed by atoms with E-state index in [0.29, 0.717) is 6.42 Å². The molecule has 1 unspecified atom stereocenters. The highest BCUT2D eigenvalue weighted by Crippen LogP contribution is 2.20. The van der Waals surface area contributed by atoms with Crippen LogP contribution in [-0.2, 0) is 0 Å². The van der Waals surface area contributed by atoms with E-state index in [-0.39, 0.29) is 18.7 Å². The van der Waals surface area contributed by atoms with Crippen LogP contribution in [0, 0.1) is 6.92 Å². The summed E-state index contributed by atoms with van der Waals surface area (Å²) in [5.41, 5.74) is 0. The first kappa shape index (κ1) is 13.0. The lowest BCUT2D eigenvalue weighted by Gasteiger charge is -2.15. The summed E-state index contributed by atoms with van der Waals surface area (Å²) in [5, 5.41) is 15.2. The Morgan fingerprint density at radius 1 is 1.56 bits per heavy atom. The number of amides is 2. The summed E-state index contributed by atoms with van der Waals surface area (Å²) >= 11 is 1.54. The van der Waals surface area contributed by atoms with Gasteiger partial charge in [-0.1, -0.05) is 6.92 Å². The van der Waals surface area contributed by atoms with Gasteiger partial charge in [-0.2, -0.15) is 0 Å². The molecule has 0 aliphatic heterocycles. The van der Waals surface area contributed by atoms with E-state index in [9.17, 15) is 4.79 Å². The van der Waals surface area contributed by atoms with Crippen molar-refractivity contribution in [2.24, 2.45) is 0 Å². The van der Waals surface area contributed by atoms with Crippen LogP contribution >= 0.6 is 11.3 Å². The van der Waals surface area contributed by atoms with Crippen LogP contribution in [0.3, 0.4) is 0 Å². The molecule has 0 fully saturated rings. The fourth-order valence-electron chi connectivity index (χ4n) is 1.37. The fraction of sp³-hybridized carbons (Fsp3) is 0.545. The standard InChI is InChI=1S/C11H18N2O2S/c1-3-9(6-7-14)12-11(15)13-10-5-4-8(2)16-10/h4-5,9,14H,3,6-7H2,1-2H3,(H2,12,13,15). The van der Waals surface area contributed by atoms with Crippen LogP contribution in [0.4, 0.5) is 9.80 Å². The lowest BCUT2D eigenvalue weighted by molar-refractivity contribution is 0.238. The van der Waals surface area contributed by atoms with Crippen LogP contribution in [0.15, 0.2) is 12.1 Å². The van der Waals surface area contributed by atoms with Gasteiger partial charge in [0, 0.05) is 17.5 Å². The normalized spacial score (nSPS) is 12.2. The molecular formula is C11H18N2O2S. The third-order valence-electron chi connectivity index (χ3n) is 2.28. The van der Waals surface area contributed by atoms with Gasteiger partial charge in [-0.05, 0) is 31.9 Å². The Hall–Kier alpha value is -1.07. The number of anilines is 1. The Kier molecular flexibility index (Phi) is 5.28. The summed E-state index contributed by atoms with van der Waals surface area (Å²) < 4.78 is 0. The minimum Gasteiger partial charge on any atom is -0.396 e. The van der Waals surface area contributed by atoms with Crippen molar-refractivity contribution in [3.63, 3.8) is 0 Å². The second kappa shape index (κ2) is 6.50. The van der Waals surface area contributed by atoms with Gasteiger partial charge in [0.05, 0.1) is 5.00 Å². The van der Waals surface area contributed by atoms with E-state index in [2.05, 4.69) is 10.6 Å². The van der Waals surface area contributed by atoms with E-state index in [1.54, 1.807) is 11.3 Å². The molecule has 1 rings (SSSR count). The molecule has 1 heterocycles. The van der Waals surface area contributed by atoms with Crippen molar-refractivity contribution in [1.82, 2.24) is 5.32 Å². The molecule has 0 spiro atoms. The van der Waals surface area contributed by atoms with Crippen molar-refractivity contribution in [2.45, 2.75) is 32.7 Å². The lowest BCUT2D eigenvalue weighted by Crippen LogP contribution is -2.37. The van der Waals surface area contributed by atoms with E-state index in [4.69, 9.17) is 5.11 Å².